The Morgan fingerprint density at radius 1 is 1.42 bits per heavy atom. The van der Waals surface area contributed by atoms with E-state index >= 15 is 0 Å². The molecule has 0 spiro atoms. The van der Waals surface area contributed by atoms with Gasteiger partial charge in [0.15, 0.2) is 5.96 Å². The summed E-state index contributed by atoms with van der Waals surface area (Å²) in [5.41, 5.74) is 0.434. The first-order valence-corrected chi connectivity index (χ1v) is 8.83. The molecule has 1 amide bonds. The molecule has 2 rings (SSSR count). The third-order valence-corrected chi connectivity index (χ3v) is 4.04. The number of fused-ring (bicyclic) bond motifs is 1. The Morgan fingerprint density at radius 2 is 2.12 bits per heavy atom. The van der Waals surface area contributed by atoms with Crippen molar-refractivity contribution >= 4 is 11.9 Å². The van der Waals surface area contributed by atoms with Crippen LogP contribution in [0, 0.1) is 5.82 Å². The van der Waals surface area contributed by atoms with Crippen LogP contribution < -0.4 is 15.4 Å². The number of carbonyl (C=O) groups is 1. The molecule has 7 heteroatoms. The van der Waals surface area contributed by atoms with Crippen molar-refractivity contribution in [1.82, 2.24) is 15.5 Å². The van der Waals surface area contributed by atoms with Crippen LogP contribution in [0.4, 0.5) is 4.39 Å². The van der Waals surface area contributed by atoms with Gasteiger partial charge in [0.2, 0.25) is 5.91 Å². The predicted octanol–water partition coefficient (Wildman–Crippen LogP) is 2.46. The average molecular weight is 364 g/mol. The Balaban J connectivity index is 2.26. The van der Waals surface area contributed by atoms with Crippen LogP contribution in [0.25, 0.3) is 0 Å². The quantitative estimate of drug-likeness (QED) is 0.636. The molecule has 1 atom stereocenters. The second-order valence-corrected chi connectivity index (χ2v) is 7.70. The maximum Gasteiger partial charge on any atom is 0.243 e. The van der Waals surface area contributed by atoms with Gasteiger partial charge in [-0.25, -0.2) is 9.38 Å². The molecule has 0 saturated heterocycles. The summed E-state index contributed by atoms with van der Waals surface area (Å²) in [4.78, 5) is 17.8. The molecule has 0 bridgehead atoms. The highest BCUT2D eigenvalue weighted by atomic mass is 19.1. The average Bonchev–Trinajstić information content (AvgIpc) is 2.49. The Labute approximate surface area is 154 Å². The van der Waals surface area contributed by atoms with E-state index < -0.39 is 5.60 Å². The summed E-state index contributed by atoms with van der Waals surface area (Å²) in [7, 11) is 3.40. The molecule has 26 heavy (non-hydrogen) atoms. The van der Waals surface area contributed by atoms with Gasteiger partial charge in [0.05, 0.1) is 6.04 Å². The van der Waals surface area contributed by atoms with E-state index in [0.29, 0.717) is 18.1 Å². The summed E-state index contributed by atoms with van der Waals surface area (Å²) in [5, 5.41) is 6.62. The molecule has 0 aromatic heterocycles. The number of carbonyl (C=O) groups excluding carboxylic acids is 1. The number of nitrogens with one attached hydrogen (secondary N) is 2. The molecule has 1 aromatic rings. The van der Waals surface area contributed by atoms with E-state index in [4.69, 9.17) is 4.74 Å². The Hall–Kier alpha value is -2.31. The van der Waals surface area contributed by atoms with E-state index in [0.717, 1.165) is 5.56 Å². The lowest BCUT2D eigenvalue weighted by atomic mass is 9.89. The van der Waals surface area contributed by atoms with Gasteiger partial charge < -0.3 is 20.3 Å². The highest BCUT2D eigenvalue weighted by Crippen LogP contribution is 2.39. The number of hydrogen-bond donors (Lipinski definition) is 2. The van der Waals surface area contributed by atoms with Crippen molar-refractivity contribution in [3.8, 4) is 5.75 Å². The molecular formula is C19H29FN4O2. The Kier molecular flexibility index (Phi) is 6.10. The van der Waals surface area contributed by atoms with E-state index in [1.165, 1.54) is 17.0 Å². The van der Waals surface area contributed by atoms with E-state index in [1.54, 1.807) is 20.2 Å². The molecule has 6 nitrogen and oxygen atoms in total. The van der Waals surface area contributed by atoms with Crippen molar-refractivity contribution in [3.05, 3.63) is 29.6 Å². The summed E-state index contributed by atoms with van der Waals surface area (Å²) in [6.45, 7) is 8.00. The fourth-order valence-electron chi connectivity index (χ4n) is 2.81. The topological polar surface area (TPSA) is 66.0 Å². The first-order chi connectivity index (χ1) is 12.1. The first kappa shape index (κ1) is 20.0. The van der Waals surface area contributed by atoms with Gasteiger partial charge in [-0.15, -0.1) is 0 Å². The first-order valence-electron chi connectivity index (χ1n) is 8.83. The molecule has 0 radical (unpaired) electrons. The predicted molar refractivity (Wildman–Crippen MR) is 101 cm³/mol. The summed E-state index contributed by atoms with van der Waals surface area (Å²) in [6, 6.07) is 4.62. The zero-order chi connectivity index (χ0) is 19.5. The van der Waals surface area contributed by atoms with Gasteiger partial charge in [-0.05, 0) is 33.8 Å². The van der Waals surface area contributed by atoms with Crippen LogP contribution in [0.2, 0.25) is 0 Å². The third kappa shape index (κ3) is 5.34. The summed E-state index contributed by atoms with van der Waals surface area (Å²) in [5.74, 6) is 0.677. The van der Waals surface area contributed by atoms with Crippen LogP contribution in [0.15, 0.2) is 23.2 Å². The fraction of sp³-hybridized carbons (Fsp3) is 0.579. The van der Waals surface area contributed by atoms with Crippen LogP contribution in [-0.2, 0) is 4.79 Å². The molecule has 0 saturated carbocycles. The number of hydrogen-bond acceptors (Lipinski definition) is 3. The van der Waals surface area contributed by atoms with Gasteiger partial charge in [0, 0.05) is 38.2 Å². The standard InChI is InChI=1S/C19H29FN4O2/c1-12(2)22-18(21-11-17(25)24(5)6)23-15-10-19(3,4)26-16-9-13(20)7-8-14(15)16/h7-9,12,15H,10-11H2,1-6H3,(H2,21,22,23). The van der Waals surface area contributed by atoms with Crippen molar-refractivity contribution < 1.29 is 13.9 Å². The molecule has 1 aromatic carbocycles. The smallest absolute Gasteiger partial charge is 0.243 e. The zero-order valence-corrected chi connectivity index (χ0v) is 16.4. The zero-order valence-electron chi connectivity index (χ0n) is 16.4. The molecule has 1 aliphatic heterocycles. The van der Waals surface area contributed by atoms with Crippen molar-refractivity contribution in [2.45, 2.75) is 51.8 Å². The van der Waals surface area contributed by atoms with Crippen molar-refractivity contribution in [2.75, 3.05) is 20.6 Å². The minimum Gasteiger partial charge on any atom is -0.487 e. The van der Waals surface area contributed by atoms with Crippen LogP contribution in [-0.4, -0.2) is 49.0 Å². The minimum atomic E-state index is -0.444. The largest absolute Gasteiger partial charge is 0.487 e. The van der Waals surface area contributed by atoms with Crippen LogP contribution in [0.5, 0.6) is 5.75 Å². The maximum absolute atomic E-state index is 13.6. The number of guanidine groups is 1. The van der Waals surface area contributed by atoms with E-state index in [2.05, 4.69) is 15.6 Å². The lowest BCUT2D eigenvalue weighted by Gasteiger charge is -2.38. The number of likely N-dealkylation sites (N-methyl/N-ethyl adjacent to an activating group) is 1. The number of nitrogens with zero attached hydrogens (tertiary/aromatic N) is 2. The Bertz CT molecular complexity index is 686. The lowest BCUT2D eigenvalue weighted by Crippen LogP contribution is -2.47. The lowest BCUT2D eigenvalue weighted by molar-refractivity contribution is -0.127. The SMILES string of the molecule is CC(C)NC(=NCC(=O)N(C)C)NC1CC(C)(C)Oc2cc(F)ccc21. The van der Waals surface area contributed by atoms with E-state index in [1.807, 2.05) is 27.7 Å². The molecule has 2 N–H and O–H groups in total. The van der Waals surface area contributed by atoms with Gasteiger partial charge in [-0.1, -0.05) is 6.07 Å². The number of halogens is 1. The molecule has 144 valence electrons. The summed E-state index contributed by atoms with van der Waals surface area (Å²) < 4.78 is 19.5. The second kappa shape index (κ2) is 7.93. The maximum atomic E-state index is 13.6. The highest BCUT2D eigenvalue weighted by molar-refractivity contribution is 5.85. The molecule has 0 aliphatic carbocycles. The van der Waals surface area contributed by atoms with E-state index in [9.17, 15) is 9.18 Å². The van der Waals surface area contributed by atoms with Gasteiger partial charge in [-0.2, -0.15) is 0 Å². The number of amides is 1. The van der Waals surface area contributed by atoms with Crippen molar-refractivity contribution in [2.24, 2.45) is 4.99 Å². The molecule has 1 aliphatic rings. The van der Waals surface area contributed by atoms with Gasteiger partial charge in [0.25, 0.3) is 0 Å². The minimum absolute atomic E-state index is 0.0535. The molecular weight excluding hydrogens is 335 g/mol. The number of benzene rings is 1. The molecule has 1 unspecified atom stereocenters. The Morgan fingerprint density at radius 3 is 2.73 bits per heavy atom. The number of aliphatic imine (C=N–C) groups is 1. The summed E-state index contributed by atoms with van der Waals surface area (Å²) in [6.07, 6.45) is 0.687. The van der Waals surface area contributed by atoms with Crippen LogP contribution >= 0.6 is 0 Å². The second-order valence-electron chi connectivity index (χ2n) is 7.70. The van der Waals surface area contributed by atoms with Crippen LogP contribution in [0.1, 0.15) is 45.7 Å². The monoisotopic (exact) mass is 364 g/mol. The van der Waals surface area contributed by atoms with Crippen molar-refractivity contribution in [3.63, 3.8) is 0 Å². The van der Waals surface area contributed by atoms with Gasteiger partial charge in [0.1, 0.15) is 23.7 Å². The highest BCUT2D eigenvalue weighted by Gasteiger charge is 2.34. The van der Waals surface area contributed by atoms with Crippen molar-refractivity contribution in [1.29, 1.82) is 0 Å². The number of ether oxygens (including phenoxy) is 1. The van der Waals surface area contributed by atoms with Crippen LogP contribution in [0.3, 0.4) is 0 Å². The third-order valence-electron chi connectivity index (χ3n) is 4.04. The molecule has 0 fully saturated rings. The number of rotatable bonds is 4. The molecule has 1 heterocycles. The fourth-order valence-corrected chi connectivity index (χ4v) is 2.81. The van der Waals surface area contributed by atoms with E-state index in [-0.39, 0.29) is 30.4 Å². The van der Waals surface area contributed by atoms with Gasteiger partial charge in [-0.3, -0.25) is 4.79 Å². The van der Waals surface area contributed by atoms with Gasteiger partial charge >= 0.3 is 0 Å². The summed E-state index contributed by atoms with van der Waals surface area (Å²) >= 11 is 0. The normalized spacial score (nSPS) is 18.8.